The van der Waals surface area contributed by atoms with Crippen LogP contribution < -0.4 is 4.74 Å². The van der Waals surface area contributed by atoms with E-state index >= 15 is 0 Å². The number of hydrogen-bond donors (Lipinski definition) is 1. The Morgan fingerprint density at radius 2 is 1.91 bits per heavy atom. The first-order chi connectivity index (χ1) is 10.4. The van der Waals surface area contributed by atoms with Crippen molar-refractivity contribution in [3.63, 3.8) is 0 Å². The van der Waals surface area contributed by atoms with Crippen molar-refractivity contribution in [2.24, 2.45) is 0 Å². The summed E-state index contributed by atoms with van der Waals surface area (Å²) in [5.41, 5.74) is 2.49. The van der Waals surface area contributed by atoms with Crippen LogP contribution in [0.1, 0.15) is 50.7 Å². The maximum atomic E-state index is 12.4. The second-order valence-corrected chi connectivity index (χ2v) is 6.49. The zero-order chi connectivity index (χ0) is 16.3. The van der Waals surface area contributed by atoms with Crippen LogP contribution in [0.2, 0.25) is 0 Å². The molecule has 1 unspecified atom stereocenters. The molecule has 22 heavy (non-hydrogen) atoms. The predicted octanol–water partition coefficient (Wildman–Crippen LogP) is 2.87. The van der Waals surface area contributed by atoms with Gasteiger partial charge < -0.3 is 14.7 Å². The molecule has 1 aromatic rings. The minimum Gasteiger partial charge on any atom is -0.481 e. The molecule has 0 aromatic heterocycles. The van der Waals surface area contributed by atoms with Crippen LogP contribution in [0.15, 0.2) is 18.2 Å². The molecule has 1 aliphatic rings. The maximum Gasteiger partial charge on any atom is 0.263 e. The van der Waals surface area contributed by atoms with Gasteiger partial charge in [-0.1, -0.05) is 19.9 Å². The Morgan fingerprint density at radius 3 is 2.45 bits per heavy atom. The molecule has 0 spiro atoms. The molecule has 0 radical (unpaired) electrons. The summed E-state index contributed by atoms with van der Waals surface area (Å²) in [6.07, 6.45) is 0.535. The summed E-state index contributed by atoms with van der Waals surface area (Å²) in [7, 11) is 0. The van der Waals surface area contributed by atoms with Crippen LogP contribution in [0.25, 0.3) is 0 Å². The summed E-state index contributed by atoms with van der Waals surface area (Å²) in [4.78, 5) is 14.2. The molecule has 1 N–H and O–H groups in total. The highest BCUT2D eigenvalue weighted by Crippen LogP contribution is 2.24. The quantitative estimate of drug-likeness (QED) is 0.930. The van der Waals surface area contributed by atoms with Gasteiger partial charge in [0.25, 0.3) is 5.91 Å². The van der Waals surface area contributed by atoms with E-state index in [-0.39, 0.29) is 12.0 Å². The summed E-state index contributed by atoms with van der Waals surface area (Å²) in [6.45, 7) is 9.41. The van der Waals surface area contributed by atoms with Gasteiger partial charge in [-0.2, -0.15) is 0 Å². The Bertz CT molecular complexity index is 519. The summed E-state index contributed by atoms with van der Waals surface area (Å²) >= 11 is 0. The third-order valence-electron chi connectivity index (χ3n) is 4.30. The summed E-state index contributed by atoms with van der Waals surface area (Å²) in [6, 6.07) is 6.01. The van der Waals surface area contributed by atoms with Gasteiger partial charge in [0.1, 0.15) is 5.75 Å². The van der Waals surface area contributed by atoms with Gasteiger partial charge in [-0.25, -0.2) is 0 Å². The molecule has 1 saturated heterocycles. The average molecular weight is 305 g/mol. The second-order valence-electron chi connectivity index (χ2n) is 6.49. The molecule has 4 nitrogen and oxygen atoms in total. The molecule has 2 rings (SSSR count). The fraction of sp³-hybridized carbons (Fsp3) is 0.611. The first-order valence-corrected chi connectivity index (χ1v) is 8.12. The van der Waals surface area contributed by atoms with Gasteiger partial charge in [0.15, 0.2) is 6.10 Å². The van der Waals surface area contributed by atoms with E-state index in [0.717, 1.165) is 5.75 Å². The van der Waals surface area contributed by atoms with Crippen LogP contribution in [0.4, 0.5) is 0 Å². The van der Waals surface area contributed by atoms with E-state index in [9.17, 15) is 9.90 Å². The fourth-order valence-corrected chi connectivity index (χ4v) is 2.97. The van der Waals surface area contributed by atoms with E-state index < -0.39 is 6.10 Å². The Labute approximate surface area is 133 Å². The van der Waals surface area contributed by atoms with Gasteiger partial charge >= 0.3 is 0 Å². The lowest BCUT2D eigenvalue weighted by atomic mass is 9.98. The van der Waals surface area contributed by atoms with Gasteiger partial charge in [0.2, 0.25) is 0 Å². The maximum absolute atomic E-state index is 12.4. The number of amides is 1. The molecule has 0 saturated carbocycles. The number of benzene rings is 1. The number of hydrogen-bond acceptors (Lipinski definition) is 3. The predicted molar refractivity (Wildman–Crippen MR) is 87.2 cm³/mol. The standard InChI is InChI=1S/C18H27NO3/c1-12(2)17-6-5-16(11-13(17)3)22-14(4)18(21)19-9-7-15(20)8-10-19/h5-6,11-12,14-15,20H,7-10H2,1-4H3. The van der Waals surface area contributed by atoms with E-state index in [4.69, 9.17) is 4.74 Å². The van der Waals surface area contributed by atoms with Crippen LogP contribution in [-0.4, -0.2) is 41.2 Å². The van der Waals surface area contributed by atoms with Crippen molar-refractivity contribution >= 4 is 5.91 Å². The Morgan fingerprint density at radius 1 is 1.27 bits per heavy atom. The molecule has 1 fully saturated rings. The van der Waals surface area contributed by atoms with Crippen molar-refractivity contribution in [3.05, 3.63) is 29.3 Å². The first kappa shape index (κ1) is 16.8. The molecule has 1 aromatic carbocycles. The van der Waals surface area contributed by atoms with E-state index in [1.165, 1.54) is 11.1 Å². The monoisotopic (exact) mass is 305 g/mol. The topological polar surface area (TPSA) is 49.8 Å². The van der Waals surface area contributed by atoms with Crippen molar-refractivity contribution in [3.8, 4) is 5.75 Å². The molecule has 0 bridgehead atoms. The number of piperidine rings is 1. The van der Waals surface area contributed by atoms with E-state index in [0.29, 0.717) is 31.8 Å². The van der Waals surface area contributed by atoms with Gasteiger partial charge in [-0.3, -0.25) is 4.79 Å². The number of aryl methyl sites for hydroxylation is 1. The number of aliphatic hydroxyl groups is 1. The number of likely N-dealkylation sites (tertiary alicyclic amines) is 1. The summed E-state index contributed by atoms with van der Waals surface area (Å²) < 4.78 is 5.82. The van der Waals surface area contributed by atoms with Crippen LogP contribution >= 0.6 is 0 Å². The largest absolute Gasteiger partial charge is 0.481 e. The van der Waals surface area contributed by atoms with E-state index in [2.05, 4.69) is 26.8 Å². The van der Waals surface area contributed by atoms with Gasteiger partial charge in [0, 0.05) is 13.1 Å². The molecule has 1 atom stereocenters. The Kier molecular flexibility index (Phi) is 5.46. The minimum atomic E-state index is -0.500. The molecule has 0 aliphatic carbocycles. The third-order valence-corrected chi connectivity index (χ3v) is 4.30. The van der Waals surface area contributed by atoms with Crippen molar-refractivity contribution in [1.82, 2.24) is 4.90 Å². The van der Waals surface area contributed by atoms with Crippen molar-refractivity contribution in [2.75, 3.05) is 13.1 Å². The summed E-state index contributed by atoms with van der Waals surface area (Å²) in [5, 5.41) is 9.51. The fourth-order valence-electron chi connectivity index (χ4n) is 2.97. The number of carbonyl (C=O) groups is 1. The normalized spacial score (nSPS) is 17.6. The number of rotatable bonds is 4. The number of aliphatic hydroxyl groups excluding tert-OH is 1. The van der Waals surface area contributed by atoms with Gasteiger partial charge in [-0.15, -0.1) is 0 Å². The lowest BCUT2D eigenvalue weighted by molar-refractivity contribution is -0.139. The smallest absolute Gasteiger partial charge is 0.263 e. The zero-order valence-corrected chi connectivity index (χ0v) is 14.0. The number of nitrogens with zero attached hydrogens (tertiary/aromatic N) is 1. The highest BCUT2D eigenvalue weighted by molar-refractivity contribution is 5.81. The number of ether oxygens (including phenoxy) is 1. The highest BCUT2D eigenvalue weighted by Gasteiger charge is 2.26. The first-order valence-electron chi connectivity index (χ1n) is 8.12. The highest BCUT2D eigenvalue weighted by atomic mass is 16.5. The van der Waals surface area contributed by atoms with E-state index in [1.807, 2.05) is 12.1 Å². The van der Waals surface area contributed by atoms with Crippen molar-refractivity contribution < 1.29 is 14.6 Å². The molecular formula is C18H27NO3. The van der Waals surface area contributed by atoms with Gasteiger partial charge in [-0.05, 0) is 55.9 Å². The van der Waals surface area contributed by atoms with Gasteiger partial charge in [0.05, 0.1) is 6.10 Å². The molecule has 1 amide bonds. The lowest BCUT2D eigenvalue weighted by Gasteiger charge is -2.31. The molecule has 122 valence electrons. The molecule has 1 heterocycles. The molecular weight excluding hydrogens is 278 g/mol. The second kappa shape index (κ2) is 7.14. The molecule has 4 heteroatoms. The minimum absolute atomic E-state index is 0.00232. The SMILES string of the molecule is Cc1cc(OC(C)C(=O)N2CCC(O)CC2)ccc1C(C)C. The Hall–Kier alpha value is -1.55. The van der Waals surface area contributed by atoms with E-state index in [1.54, 1.807) is 11.8 Å². The third kappa shape index (κ3) is 4.01. The van der Waals surface area contributed by atoms with Crippen LogP contribution in [-0.2, 0) is 4.79 Å². The van der Waals surface area contributed by atoms with Crippen LogP contribution in [0.3, 0.4) is 0 Å². The van der Waals surface area contributed by atoms with Crippen LogP contribution in [0, 0.1) is 6.92 Å². The zero-order valence-electron chi connectivity index (χ0n) is 14.0. The van der Waals surface area contributed by atoms with Crippen LogP contribution in [0.5, 0.6) is 5.75 Å². The van der Waals surface area contributed by atoms with Crippen molar-refractivity contribution in [1.29, 1.82) is 0 Å². The Balaban J connectivity index is 1.98. The lowest BCUT2D eigenvalue weighted by Crippen LogP contribution is -2.45. The summed E-state index contributed by atoms with van der Waals surface area (Å²) in [5.74, 6) is 1.21. The average Bonchev–Trinajstić information content (AvgIpc) is 2.47. The number of carbonyl (C=O) groups excluding carboxylic acids is 1. The van der Waals surface area contributed by atoms with Crippen molar-refractivity contribution in [2.45, 2.75) is 58.7 Å². The molecule has 1 aliphatic heterocycles.